The van der Waals surface area contributed by atoms with Gasteiger partial charge in [-0.1, -0.05) is 30.3 Å². The van der Waals surface area contributed by atoms with Crippen LogP contribution in [0.15, 0.2) is 71.8 Å². The highest BCUT2D eigenvalue weighted by Gasteiger charge is 2.35. The zero-order chi connectivity index (χ0) is 23.9. The van der Waals surface area contributed by atoms with Crippen molar-refractivity contribution in [2.45, 2.75) is 23.9 Å². The van der Waals surface area contributed by atoms with Crippen LogP contribution in [0.25, 0.3) is 21.5 Å². The summed E-state index contributed by atoms with van der Waals surface area (Å²) >= 11 is 0. The molecule has 0 saturated carbocycles. The lowest BCUT2D eigenvalue weighted by Crippen LogP contribution is -2.41. The second-order valence-electron chi connectivity index (χ2n) is 8.31. The Balaban J connectivity index is 0.00000289. The second kappa shape index (κ2) is 9.69. The molecule has 0 bridgehead atoms. The Labute approximate surface area is 209 Å². The molecule has 1 aromatic heterocycles. The minimum atomic E-state index is -3.89. The first-order chi connectivity index (χ1) is 16.4. The second-order valence-corrected chi connectivity index (χ2v) is 10.0. The molecule has 1 fully saturated rings. The Kier molecular flexibility index (Phi) is 6.84. The summed E-state index contributed by atoms with van der Waals surface area (Å²) in [7, 11) is -2.33. The lowest BCUT2D eigenvalue weighted by atomic mass is 10.1. The van der Waals surface area contributed by atoms with Gasteiger partial charge in [-0.2, -0.15) is 4.72 Å². The standard InChI is InChI=1S/C25H24N4O4S.ClH/c1-33-20-7-5-16-6-8-21(14-19(16)13-20)34(31,32)28-22-10-12-29(25(22)30)15-18-4-2-3-17-9-11-27-24(26)23(17)18;/h2-9,11,13-14,22,28H,10,12,15H2,1H3,(H2,26,27);1H. The van der Waals surface area contributed by atoms with Gasteiger partial charge < -0.3 is 15.4 Å². The Hall–Kier alpha value is -3.40. The number of nitrogens with one attached hydrogen (secondary N) is 1. The van der Waals surface area contributed by atoms with Crippen molar-refractivity contribution in [2.75, 3.05) is 19.4 Å². The molecule has 0 spiro atoms. The van der Waals surface area contributed by atoms with E-state index in [1.807, 2.05) is 36.4 Å². The quantitative estimate of drug-likeness (QED) is 0.409. The summed E-state index contributed by atoms with van der Waals surface area (Å²) in [5, 5.41) is 3.39. The molecular weight excluding hydrogens is 488 g/mol. The molecule has 1 aliphatic rings. The Morgan fingerprint density at radius 1 is 1.09 bits per heavy atom. The highest BCUT2D eigenvalue weighted by Crippen LogP contribution is 2.27. The Morgan fingerprint density at radius 2 is 1.89 bits per heavy atom. The average molecular weight is 513 g/mol. The number of halogens is 1. The van der Waals surface area contributed by atoms with E-state index >= 15 is 0 Å². The van der Waals surface area contributed by atoms with Gasteiger partial charge in [-0.25, -0.2) is 13.4 Å². The maximum atomic E-state index is 13.1. The van der Waals surface area contributed by atoms with E-state index in [2.05, 4.69) is 9.71 Å². The predicted octanol–water partition coefficient (Wildman–Crippen LogP) is 3.48. The fourth-order valence-corrected chi connectivity index (χ4v) is 5.69. The minimum Gasteiger partial charge on any atom is -0.497 e. The summed E-state index contributed by atoms with van der Waals surface area (Å²) in [4.78, 5) is 19.0. The molecule has 1 unspecified atom stereocenters. The van der Waals surface area contributed by atoms with Crippen LogP contribution in [0, 0.1) is 0 Å². The van der Waals surface area contributed by atoms with Gasteiger partial charge in [0.25, 0.3) is 0 Å². The number of hydrogen-bond acceptors (Lipinski definition) is 6. The van der Waals surface area contributed by atoms with Gasteiger partial charge in [-0.15, -0.1) is 12.4 Å². The van der Waals surface area contributed by atoms with Crippen molar-refractivity contribution in [1.29, 1.82) is 0 Å². The molecule has 0 radical (unpaired) electrons. The number of carbonyl (C=O) groups excluding carboxylic acids is 1. The molecule has 1 saturated heterocycles. The highest BCUT2D eigenvalue weighted by molar-refractivity contribution is 7.89. The van der Waals surface area contributed by atoms with Crippen molar-refractivity contribution >= 4 is 55.7 Å². The number of hydrogen-bond donors (Lipinski definition) is 2. The van der Waals surface area contributed by atoms with Crippen LogP contribution in [0.4, 0.5) is 5.82 Å². The van der Waals surface area contributed by atoms with E-state index in [4.69, 9.17) is 10.5 Å². The number of sulfonamides is 1. The lowest BCUT2D eigenvalue weighted by Gasteiger charge is -2.19. The number of nitrogens with two attached hydrogens (primary N) is 1. The molecule has 2 heterocycles. The van der Waals surface area contributed by atoms with Crippen molar-refractivity contribution in [1.82, 2.24) is 14.6 Å². The number of benzene rings is 3. The SMILES string of the molecule is COc1ccc2ccc(S(=O)(=O)NC3CCN(Cc4cccc5ccnc(N)c45)C3=O)cc2c1.Cl. The Morgan fingerprint density at radius 3 is 2.69 bits per heavy atom. The van der Waals surface area contributed by atoms with Gasteiger partial charge in [0, 0.05) is 24.7 Å². The number of nitrogens with zero attached hydrogens (tertiary/aromatic N) is 2. The van der Waals surface area contributed by atoms with Crippen LogP contribution in [-0.4, -0.2) is 43.9 Å². The third-order valence-electron chi connectivity index (χ3n) is 6.19. The normalized spacial score (nSPS) is 16.0. The van der Waals surface area contributed by atoms with E-state index in [0.29, 0.717) is 31.1 Å². The molecule has 35 heavy (non-hydrogen) atoms. The fraction of sp³-hybridized carbons (Fsp3) is 0.200. The van der Waals surface area contributed by atoms with Crippen LogP contribution in [0.3, 0.4) is 0 Å². The molecule has 1 atom stereocenters. The highest BCUT2D eigenvalue weighted by atomic mass is 35.5. The molecule has 1 amide bonds. The van der Waals surface area contributed by atoms with Crippen LogP contribution >= 0.6 is 12.4 Å². The maximum Gasteiger partial charge on any atom is 0.241 e. The number of amides is 1. The van der Waals surface area contributed by atoms with Crippen molar-refractivity contribution in [2.24, 2.45) is 0 Å². The molecule has 1 aliphatic heterocycles. The molecule has 8 nitrogen and oxygen atoms in total. The van der Waals surface area contributed by atoms with Crippen LogP contribution in [0.1, 0.15) is 12.0 Å². The van der Waals surface area contributed by atoms with E-state index in [0.717, 1.165) is 27.1 Å². The molecule has 10 heteroatoms. The van der Waals surface area contributed by atoms with Crippen LogP contribution < -0.4 is 15.2 Å². The van der Waals surface area contributed by atoms with Gasteiger partial charge in [0.05, 0.1) is 12.0 Å². The van der Waals surface area contributed by atoms with Crippen LogP contribution in [-0.2, 0) is 21.4 Å². The van der Waals surface area contributed by atoms with E-state index in [1.54, 1.807) is 42.5 Å². The van der Waals surface area contributed by atoms with E-state index in [1.165, 1.54) is 0 Å². The number of ether oxygens (including phenoxy) is 1. The fourth-order valence-electron chi connectivity index (χ4n) is 4.43. The van der Waals surface area contributed by atoms with Gasteiger partial charge in [-0.05, 0) is 58.5 Å². The number of pyridine rings is 1. The molecular formula is C25H25ClN4O4S. The van der Waals surface area contributed by atoms with Crippen molar-refractivity contribution < 1.29 is 17.9 Å². The third kappa shape index (κ3) is 4.75. The zero-order valence-electron chi connectivity index (χ0n) is 19.0. The number of methoxy groups -OCH3 is 1. The van der Waals surface area contributed by atoms with E-state index < -0.39 is 16.1 Å². The van der Waals surface area contributed by atoms with Gasteiger partial charge in [0.1, 0.15) is 17.6 Å². The Bertz CT molecular complexity index is 1520. The molecule has 5 rings (SSSR count). The molecule has 0 aliphatic carbocycles. The first-order valence-corrected chi connectivity index (χ1v) is 12.3. The van der Waals surface area contributed by atoms with Crippen LogP contribution in [0.5, 0.6) is 5.75 Å². The summed E-state index contributed by atoms with van der Waals surface area (Å²) in [5.74, 6) is 0.788. The summed E-state index contributed by atoms with van der Waals surface area (Å²) in [6.45, 7) is 0.775. The first kappa shape index (κ1) is 24.7. The molecule has 182 valence electrons. The summed E-state index contributed by atoms with van der Waals surface area (Å²) in [6, 6.07) is 17.1. The maximum absolute atomic E-state index is 13.1. The third-order valence-corrected chi connectivity index (χ3v) is 7.66. The van der Waals surface area contributed by atoms with Crippen LogP contribution in [0.2, 0.25) is 0 Å². The van der Waals surface area contributed by atoms with Crippen molar-refractivity contribution in [3.8, 4) is 5.75 Å². The summed E-state index contributed by atoms with van der Waals surface area (Å²) in [5.41, 5.74) is 6.96. The first-order valence-electron chi connectivity index (χ1n) is 10.9. The number of fused-ring (bicyclic) bond motifs is 2. The van der Waals surface area contributed by atoms with Crippen molar-refractivity contribution in [3.63, 3.8) is 0 Å². The largest absolute Gasteiger partial charge is 0.497 e. The van der Waals surface area contributed by atoms with Gasteiger partial charge in [-0.3, -0.25) is 4.79 Å². The smallest absolute Gasteiger partial charge is 0.241 e. The molecule has 3 N–H and O–H groups in total. The lowest BCUT2D eigenvalue weighted by molar-refractivity contribution is -0.129. The van der Waals surface area contributed by atoms with Gasteiger partial charge in [0.15, 0.2) is 0 Å². The zero-order valence-corrected chi connectivity index (χ0v) is 20.6. The summed E-state index contributed by atoms with van der Waals surface area (Å²) in [6.07, 6.45) is 2.04. The minimum absolute atomic E-state index is 0. The number of anilines is 1. The van der Waals surface area contributed by atoms with Gasteiger partial charge >= 0.3 is 0 Å². The number of likely N-dealkylation sites (tertiary alicyclic amines) is 1. The number of carbonyl (C=O) groups is 1. The summed E-state index contributed by atoms with van der Waals surface area (Å²) < 4.78 is 34.0. The predicted molar refractivity (Wildman–Crippen MR) is 138 cm³/mol. The number of rotatable bonds is 6. The topological polar surface area (TPSA) is 115 Å². The van der Waals surface area contributed by atoms with Gasteiger partial charge in [0.2, 0.25) is 15.9 Å². The molecule has 4 aromatic rings. The van der Waals surface area contributed by atoms with E-state index in [9.17, 15) is 13.2 Å². The molecule has 3 aromatic carbocycles. The monoisotopic (exact) mass is 512 g/mol. The van der Waals surface area contributed by atoms with Crippen molar-refractivity contribution in [3.05, 3.63) is 72.4 Å². The number of aromatic nitrogens is 1. The number of nitrogen functional groups attached to an aromatic ring is 1. The average Bonchev–Trinajstić information content (AvgIpc) is 3.16. The van der Waals surface area contributed by atoms with E-state index in [-0.39, 0.29) is 23.2 Å².